The van der Waals surface area contributed by atoms with Crippen molar-refractivity contribution < 1.29 is 4.79 Å². The number of rotatable bonds is 2. The highest BCUT2D eigenvalue weighted by Gasteiger charge is 2.44. The Morgan fingerprint density at radius 1 is 1.35 bits per heavy atom. The number of Topliss-reactive ketones (excluding diaryl/α,β-unsaturated/α-hetero) is 1. The van der Waals surface area contributed by atoms with Crippen molar-refractivity contribution >= 4 is 5.78 Å². The predicted molar refractivity (Wildman–Crippen MR) is 71.5 cm³/mol. The van der Waals surface area contributed by atoms with Gasteiger partial charge in [0.05, 0.1) is 0 Å². The molecule has 0 heterocycles. The molecule has 0 bridgehead atoms. The first-order valence-corrected chi connectivity index (χ1v) is 6.25. The van der Waals surface area contributed by atoms with Gasteiger partial charge in [0.2, 0.25) is 0 Å². The zero-order chi connectivity index (χ0) is 12.6. The number of ketones is 1. The number of carbonyl (C=O) groups is 1. The Hall–Kier alpha value is -1.37. The van der Waals surface area contributed by atoms with E-state index in [2.05, 4.69) is 32.1 Å². The number of benzene rings is 1. The summed E-state index contributed by atoms with van der Waals surface area (Å²) in [5.41, 5.74) is 3.27. The van der Waals surface area contributed by atoms with Crippen molar-refractivity contribution in [1.82, 2.24) is 0 Å². The lowest BCUT2D eigenvalue weighted by atomic mass is 9.76. The fourth-order valence-electron chi connectivity index (χ4n) is 2.80. The monoisotopic (exact) mass is 228 g/mol. The molecule has 1 unspecified atom stereocenters. The van der Waals surface area contributed by atoms with Crippen LogP contribution in [0.25, 0.3) is 0 Å². The third-order valence-electron chi connectivity index (χ3n) is 3.93. The molecule has 0 radical (unpaired) electrons. The fraction of sp³-hybridized carbons (Fsp3) is 0.438. The molecule has 17 heavy (non-hydrogen) atoms. The molecule has 1 aliphatic rings. The average molecular weight is 228 g/mol. The van der Waals surface area contributed by atoms with Crippen LogP contribution in [0, 0.1) is 12.8 Å². The highest BCUT2D eigenvalue weighted by Crippen LogP contribution is 2.44. The highest BCUT2D eigenvalue weighted by atomic mass is 16.1. The summed E-state index contributed by atoms with van der Waals surface area (Å²) < 4.78 is 0. The molecule has 90 valence electrons. The summed E-state index contributed by atoms with van der Waals surface area (Å²) in [6.07, 6.45) is 4.97. The Balaban J connectivity index is 2.48. The van der Waals surface area contributed by atoms with Gasteiger partial charge >= 0.3 is 0 Å². The summed E-state index contributed by atoms with van der Waals surface area (Å²) in [5.74, 6) is 0.405. The summed E-state index contributed by atoms with van der Waals surface area (Å²) >= 11 is 0. The van der Waals surface area contributed by atoms with Gasteiger partial charge in [0, 0.05) is 16.9 Å². The van der Waals surface area contributed by atoms with E-state index in [0.717, 1.165) is 12.0 Å². The summed E-state index contributed by atoms with van der Waals surface area (Å²) in [5, 5.41) is 0. The van der Waals surface area contributed by atoms with Crippen LogP contribution in [-0.2, 0) is 5.41 Å². The Morgan fingerprint density at radius 2 is 2.06 bits per heavy atom. The molecule has 0 amide bonds. The van der Waals surface area contributed by atoms with Gasteiger partial charge in [-0.2, -0.15) is 0 Å². The van der Waals surface area contributed by atoms with E-state index in [-0.39, 0.29) is 11.3 Å². The second-order valence-electron chi connectivity index (χ2n) is 5.49. The predicted octanol–water partition coefficient (Wildman–Crippen LogP) is 4.05. The molecule has 1 atom stereocenters. The lowest BCUT2D eigenvalue weighted by Crippen LogP contribution is -2.26. The second kappa shape index (κ2) is 4.14. The lowest BCUT2D eigenvalue weighted by molar-refractivity contribution is 0.0899. The van der Waals surface area contributed by atoms with Crippen LogP contribution < -0.4 is 0 Å². The van der Waals surface area contributed by atoms with Gasteiger partial charge in [-0.3, -0.25) is 4.79 Å². The van der Waals surface area contributed by atoms with Gasteiger partial charge in [-0.1, -0.05) is 43.7 Å². The van der Waals surface area contributed by atoms with Crippen LogP contribution in [0.15, 0.2) is 30.4 Å². The van der Waals surface area contributed by atoms with Crippen LogP contribution in [0.2, 0.25) is 0 Å². The molecular formula is C16H20O. The Labute approximate surface area is 104 Å². The second-order valence-corrected chi connectivity index (χ2v) is 5.49. The van der Waals surface area contributed by atoms with E-state index in [0.29, 0.717) is 5.78 Å². The topological polar surface area (TPSA) is 17.1 Å². The van der Waals surface area contributed by atoms with Crippen LogP contribution >= 0.6 is 0 Å². The van der Waals surface area contributed by atoms with E-state index in [4.69, 9.17) is 0 Å². The van der Waals surface area contributed by atoms with Gasteiger partial charge < -0.3 is 0 Å². The lowest BCUT2D eigenvalue weighted by Gasteiger charge is -2.26. The number of allylic oxidation sites excluding steroid dienone is 2. The summed E-state index contributed by atoms with van der Waals surface area (Å²) in [7, 11) is 0. The van der Waals surface area contributed by atoms with Crippen LogP contribution in [-0.4, -0.2) is 5.78 Å². The van der Waals surface area contributed by atoms with Crippen molar-refractivity contribution in [3.05, 3.63) is 47.0 Å². The minimum atomic E-state index is -0.0420. The number of fused-ring (bicyclic) bond motifs is 1. The number of carbonyl (C=O) groups excluding carboxylic acids is 1. The third-order valence-corrected chi connectivity index (χ3v) is 3.93. The van der Waals surface area contributed by atoms with E-state index in [1.807, 2.05) is 26.0 Å². The zero-order valence-electron chi connectivity index (χ0n) is 11.1. The minimum Gasteiger partial charge on any atom is -0.294 e. The van der Waals surface area contributed by atoms with E-state index in [1.165, 1.54) is 11.1 Å². The minimum absolute atomic E-state index is 0.0420. The van der Waals surface area contributed by atoms with Gasteiger partial charge in [-0.05, 0) is 31.9 Å². The molecule has 0 saturated carbocycles. The standard InChI is InChI=1S/C16H20O/c1-5-6-7-14-15(17)12-10-11(2)8-9-13(12)16(14,3)4/h5-6,8-10,14H,7H2,1-4H3. The van der Waals surface area contributed by atoms with Crippen molar-refractivity contribution in [2.45, 2.75) is 39.5 Å². The van der Waals surface area contributed by atoms with Gasteiger partial charge in [0.15, 0.2) is 5.78 Å². The first kappa shape index (κ1) is 12.1. The molecule has 0 aromatic heterocycles. The number of hydrogen-bond acceptors (Lipinski definition) is 1. The SMILES string of the molecule is CC=CCC1C(=O)c2cc(C)ccc2C1(C)C. The van der Waals surface area contributed by atoms with Crippen molar-refractivity contribution in [2.75, 3.05) is 0 Å². The normalized spacial score (nSPS) is 22.1. The molecular weight excluding hydrogens is 208 g/mol. The maximum atomic E-state index is 12.4. The van der Waals surface area contributed by atoms with Crippen molar-refractivity contribution in [3.63, 3.8) is 0 Å². The Bertz CT molecular complexity index is 480. The molecule has 0 fully saturated rings. The molecule has 1 aliphatic carbocycles. The van der Waals surface area contributed by atoms with Crippen molar-refractivity contribution in [3.8, 4) is 0 Å². The smallest absolute Gasteiger partial charge is 0.167 e. The molecule has 0 aliphatic heterocycles. The van der Waals surface area contributed by atoms with Gasteiger partial charge in [0.1, 0.15) is 0 Å². The number of hydrogen-bond donors (Lipinski definition) is 0. The van der Waals surface area contributed by atoms with Gasteiger partial charge in [0.25, 0.3) is 0 Å². The molecule has 0 N–H and O–H groups in total. The van der Waals surface area contributed by atoms with E-state index < -0.39 is 0 Å². The zero-order valence-corrected chi connectivity index (χ0v) is 11.1. The third kappa shape index (κ3) is 1.84. The van der Waals surface area contributed by atoms with Crippen molar-refractivity contribution in [2.24, 2.45) is 5.92 Å². The fourth-order valence-corrected chi connectivity index (χ4v) is 2.80. The maximum absolute atomic E-state index is 12.4. The van der Waals surface area contributed by atoms with Gasteiger partial charge in [-0.25, -0.2) is 0 Å². The summed E-state index contributed by atoms with van der Waals surface area (Å²) in [6.45, 7) is 8.41. The first-order valence-electron chi connectivity index (χ1n) is 6.25. The molecule has 1 aromatic rings. The molecule has 1 nitrogen and oxygen atoms in total. The van der Waals surface area contributed by atoms with E-state index >= 15 is 0 Å². The highest BCUT2D eigenvalue weighted by molar-refractivity contribution is 6.04. The van der Waals surface area contributed by atoms with E-state index in [9.17, 15) is 4.79 Å². The molecule has 1 aromatic carbocycles. The first-order chi connectivity index (χ1) is 7.98. The number of aryl methyl sites for hydroxylation is 1. The van der Waals surface area contributed by atoms with Crippen LogP contribution in [0.5, 0.6) is 0 Å². The molecule has 0 spiro atoms. The van der Waals surface area contributed by atoms with Crippen molar-refractivity contribution in [1.29, 1.82) is 0 Å². The van der Waals surface area contributed by atoms with Gasteiger partial charge in [-0.15, -0.1) is 0 Å². The van der Waals surface area contributed by atoms with E-state index in [1.54, 1.807) is 0 Å². The largest absolute Gasteiger partial charge is 0.294 e. The summed E-state index contributed by atoms with van der Waals surface area (Å²) in [4.78, 5) is 12.4. The molecule has 2 rings (SSSR count). The molecule has 1 heteroatoms. The Morgan fingerprint density at radius 3 is 2.71 bits per heavy atom. The maximum Gasteiger partial charge on any atom is 0.167 e. The molecule has 0 saturated heterocycles. The van der Waals surface area contributed by atoms with Crippen LogP contribution in [0.4, 0.5) is 0 Å². The average Bonchev–Trinajstić information content (AvgIpc) is 2.45. The van der Waals surface area contributed by atoms with Crippen LogP contribution in [0.1, 0.15) is 48.7 Å². The quantitative estimate of drug-likeness (QED) is 0.698. The summed E-state index contributed by atoms with van der Waals surface area (Å²) in [6, 6.07) is 6.26. The Kier molecular flexibility index (Phi) is 2.94. The van der Waals surface area contributed by atoms with Crippen LogP contribution in [0.3, 0.4) is 0 Å².